The van der Waals surface area contributed by atoms with Crippen molar-refractivity contribution in [2.24, 2.45) is 5.73 Å². The fraction of sp³-hybridized carbons (Fsp3) is 0.500. The molecule has 0 aliphatic carbocycles. The van der Waals surface area contributed by atoms with Crippen molar-refractivity contribution in [3.8, 4) is 0 Å². The van der Waals surface area contributed by atoms with E-state index in [-0.39, 0.29) is 6.09 Å². The Kier molecular flexibility index (Phi) is 2.96. The van der Waals surface area contributed by atoms with E-state index < -0.39 is 5.60 Å². The Bertz CT molecular complexity index is 323. The summed E-state index contributed by atoms with van der Waals surface area (Å²) in [6.07, 6.45) is 1.26. The van der Waals surface area contributed by atoms with Crippen LogP contribution in [-0.4, -0.2) is 16.3 Å². The Morgan fingerprint density at radius 3 is 2.71 bits per heavy atom. The number of carbonyl (C=O) groups excluding carboxylic acids is 1. The highest BCUT2D eigenvalue weighted by atomic mass is 16.6. The van der Waals surface area contributed by atoms with E-state index in [2.05, 4.69) is 0 Å². The van der Waals surface area contributed by atoms with Gasteiger partial charge in [0.05, 0.1) is 0 Å². The van der Waals surface area contributed by atoms with Crippen molar-refractivity contribution in [2.75, 3.05) is 0 Å². The number of nitrogens with zero attached hydrogens (tertiary/aromatic N) is 1. The zero-order valence-electron chi connectivity index (χ0n) is 8.78. The third-order valence-electron chi connectivity index (χ3n) is 1.63. The van der Waals surface area contributed by atoms with Gasteiger partial charge in [-0.15, -0.1) is 0 Å². The fourth-order valence-electron chi connectivity index (χ4n) is 1.07. The van der Waals surface area contributed by atoms with Gasteiger partial charge in [-0.2, -0.15) is 0 Å². The van der Waals surface area contributed by atoms with Crippen LogP contribution in [0.25, 0.3) is 0 Å². The molecule has 0 fully saturated rings. The second-order valence-electron chi connectivity index (χ2n) is 4.05. The number of nitrogens with two attached hydrogens (primary N) is 1. The normalized spacial score (nSPS) is 11.4. The molecule has 4 nitrogen and oxygen atoms in total. The van der Waals surface area contributed by atoms with Crippen LogP contribution in [0.5, 0.6) is 0 Å². The number of rotatable bonds is 1. The van der Waals surface area contributed by atoms with Gasteiger partial charge in [0, 0.05) is 18.4 Å². The van der Waals surface area contributed by atoms with Crippen LogP contribution in [0.15, 0.2) is 18.3 Å². The van der Waals surface area contributed by atoms with Crippen LogP contribution in [0.1, 0.15) is 26.5 Å². The first-order valence-corrected chi connectivity index (χ1v) is 4.53. The summed E-state index contributed by atoms with van der Waals surface area (Å²) in [6, 6.07) is 3.57. The smallest absolute Gasteiger partial charge is 0.418 e. The molecule has 0 aliphatic heterocycles. The van der Waals surface area contributed by atoms with Gasteiger partial charge in [0.2, 0.25) is 0 Å². The van der Waals surface area contributed by atoms with Crippen molar-refractivity contribution in [2.45, 2.75) is 32.9 Å². The maximum atomic E-state index is 11.6. The van der Waals surface area contributed by atoms with Gasteiger partial charge in [-0.05, 0) is 32.9 Å². The monoisotopic (exact) mass is 196 g/mol. The summed E-state index contributed by atoms with van der Waals surface area (Å²) in [5.74, 6) is 0. The van der Waals surface area contributed by atoms with Gasteiger partial charge in [0.1, 0.15) is 5.60 Å². The summed E-state index contributed by atoms with van der Waals surface area (Å²) in [6.45, 7) is 5.82. The molecule has 0 aliphatic rings. The van der Waals surface area contributed by atoms with Crippen molar-refractivity contribution in [1.82, 2.24) is 4.57 Å². The molecule has 0 saturated carbocycles. The number of hydrogen-bond acceptors (Lipinski definition) is 3. The Labute approximate surface area is 83.7 Å². The zero-order valence-corrected chi connectivity index (χ0v) is 8.78. The molecule has 1 aromatic heterocycles. The van der Waals surface area contributed by atoms with Gasteiger partial charge in [0.25, 0.3) is 0 Å². The zero-order chi connectivity index (χ0) is 10.8. The van der Waals surface area contributed by atoms with Gasteiger partial charge in [-0.25, -0.2) is 4.79 Å². The predicted molar refractivity (Wildman–Crippen MR) is 54.0 cm³/mol. The van der Waals surface area contributed by atoms with Crippen LogP contribution in [0, 0.1) is 0 Å². The first-order valence-electron chi connectivity index (χ1n) is 4.53. The Morgan fingerprint density at radius 2 is 2.21 bits per heavy atom. The number of hydrogen-bond donors (Lipinski definition) is 1. The lowest BCUT2D eigenvalue weighted by Crippen LogP contribution is -2.28. The first kappa shape index (κ1) is 10.8. The van der Waals surface area contributed by atoms with Crippen LogP contribution in [-0.2, 0) is 11.3 Å². The van der Waals surface area contributed by atoms with Crippen molar-refractivity contribution < 1.29 is 9.53 Å². The predicted octanol–water partition coefficient (Wildman–Crippen LogP) is 1.73. The van der Waals surface area contributed by atoms with Crippen molar-refractivity contribution in [3.63, 3.8) is 0 Å². The van der Waals surface area contributed by atoms with Crippen LogP contribution < -0.4 is 5.73 Å². The molecule has 0 amide bonds. The molecule has 1 heterocycles. The first-order chi connectivity index (χ1) is 6.44. The Hall–Kier alpha value is -1.29. The molecule has 0 radical (unpaired) electrons. The second-order valence-corrected chi connectivity index (χ2v) is 4.05. The van der Waals surface area contributed by atoms with E-state index in [0.29, 0.717) is 6.54 Å². The van der Waals surface area contributed by atoms with Gasteiger partial charge < -0.3 is 10.5 Å². The number of ether oxygens (including phenoxy) is 1. The van der Waals surface area contributed by atoms with E-state index in [1.165, 1.54) is 4.57 Å². The van der Waals surface area contributed by atoms with Gasteiger partial charge in [-0.3, -0.25) is 4.57 Å². The molecule has 14 heavy (non-hydrogen) atoms. The topological polar surface area (TPSA) is 57.2 Å². The van der Waals surface area contributed by atoms with Crippen molar-refractivity contribution in [3.05, 3.63) is 24.0 Å². The van der Waals surface area contributed by atoms with Crippen LogP contribution in [0.3, 0.4) is 0 Å². The molecule has 0 saturated heterocycles. The molecule has 0 spiro atoms. The van der Waals surface area contributed by atoms with Crippen molar-refractivity contribution in [1.29, 1.82) is 0 Å². The highest BCUT2D eigenvalue weighted by molar-refractivity contribution is 5.72. The van der Waals surface area contributed by atoms with E-state index in [4.69, 9.17) is 10.5 Å². The Morgan fingerprint density at radius 1 is 1.57 bits per heavy atom. The summed E-state index contributed by atoms with van der Waals surface area (Å²) < 4.78 is 6.61. The lowest BCUT2D eigenvalue weighted by Gasteiger charge is -2.20. The summed E-state index contributed by atoms with van der Waals surface area (Å²) in [4.78, 5) is 11.6. The molecule has 1 aromatic rings. The lowest BCUT2D eigenvalue weighted by molar-refractivity contribution is 0.0533. The Balaban J connectivity index is 2.80. The largest absolute Gasteiger partial charge is 0.443 e. The van der Waals surface area contributed by atoms with Gasteiger partial charge >= 0.3 is 6.09 Å². The van der Waals surface area contributed by atoms with Crippen LogP contribution in [0.4, 0.5) is 4.79 Å². The molecular weight excluding hydrogens is 180 g/mol. The fourth-order valence-corrected chi connectivity index (χ4v) is 1.07. The maximum Gasteiger partial charge on any atom is 0.418 e. The van der Waals surface area contributed by atoms with Crippen LogP contribution >= 0.6 is 0 Å². The van der Waals surface area contributed by atoms with E-state index in [1.54, 1.807) is 18.3 Å². The molecule has 2 N–H and O–H groups in total. The summed E-state index contributed by atoms with van der Waals surface area (Å²) in [5.41, 5.74) is 5.74. The van der Waals surface area contributed by atoms with Gasteiger partial charge in [0.15, 0.2) is 0 Å². The average Bonchev–Trinajstić information content (AvgIpc) is 2.47. The summed E-state index contributed by atoms with van der Waals surface area (Å²) in [5, 5.41) is 0. The molecule has 78 valence electrons. The highest BCUT2D eigenvalue weighted by Crippen LogP contribution is 2.10. The minimum Gasteiger partial charge on any atom is -0.443 e. The molecule has 0 bridgehead atoms. The number of aromatic nitrogens is 1. The average molecular weight is 196 g/mol. The molecule has 0 aromatic carbocycles. The summed E-state index contributed by atoms with van der Waals surface area (Å²) >= 11 is 0. The van der Waals surface area contributed by atoms with Crippen LogP contribution in [0.2, 0.25) is 0 Å². The molecule has 4 heteroatoms. The summed E-state index contributed by atoms with van der Waals surface area (Å²) in [7, 11) is 0. The molecule has 0 atom stereocenters. The second kappa shape index (κ2) is 3.84. The standard InChI is InChI=1S/C10H16N2O2/c1-10(2,3)14-9(13)12-6-4-5-8(12)7-11/h4-6H,7,11H2,1-3H3. The van der Waals surface area contributed by atoms with E-state index >= 15 is 0 Å². The maximum absolute atomic E-state index is 11.6. The van der Waals surface area contributed by atoms with Crippen molar-refractivity contribution >= 4 is 6.09 Å². The third-order valence-corrected chi connectivity index (χ3v) is 1.63. The highest BCUT2D eigenvalue weighted by Gasteiger charge is 2.18. The SMILES string of the molecule is CC(C)(C)OC(=O)n1cccc1CN. The molecule has 1 rings (SSSR count). The minimum absolute atomic E-state index is 0.326. The quantitative estimate of drug-likeness (QED) is 0.744. The molecule has 0 unspecified atom stereocenters. The third kappa shape index (κ3) is 2.60. The lowest BCUT2D eigenvalue weighted by atomic mass is 10.2. The van der Waals surface area contributed by atoms with Gasteiger partial charge in [-0.1, -0.05) is 0 Å². The minimum atomic E-state index is -0.479. The van der Waals surface area contributed by atoms with E-state index in [1.807, 2.05) is 20.8 Å². The van der Waals surface area contributed by atoms with E-state index in [0.717, 1.165) is 5.69 Å². The number of carbonyl (C=O) groups is 1. The molecular formula is C10H16N2O2. The van der Waals surface area contributed by atoms with E-state index in [9.17, 15) is 4.79 Å².